The SMILES string of the molecule is CN(CC(=O)Nc1cc(-c2nnc3n2CCCCC3)ccc1F)S(=O)(=O)c1ccc(C#N)cc1. The van der Waals surface area contributed by atoms with Crippen LogP contribution in [0.1, 0.15) is 30.7 Å². The van der Waals surface area contributed by atoms with E-state index in [1.807, 2.05) is 10.6 Å². The Bertz CT molecular complexity index is 1360. The number of benzene rings is 2. The van der Waals surface area contributed by atoms with Gasteiger partial charge in [0, 0.05) is 25.6 Å². The number of halogens is 1. The van der Waals surface area contributed by atoms with Crippen molar-refractivity contribution in [1.82, 2.24) is 19.1 Å². The van der Waals surface area contributed by atoms with Gasteiger partial charge in [0.15, 0.2) is 5.82 Å². The third kappa shape index (κ3) is 4.83. The number of carbonyl (C=O) groups is 1. The highest BCUT2D eigenvalue weighted by molar-refractivity contribution is 7.89. The molecule has 3 aromatic rings. The van der Waals surface area contributed by atoms with E-state index in [4.69, 9.17) is 5.26 Å². The number of nitrogens with one attached hydrogen (secondary N) is 1. The molecule has 176 valence electrons. The number of sulfonamides is 1. The second kappa shape index (κ2) is 9.70. The van der Waals surface area contributed by atoms with Gasteiger partial charge in [0.25, 0.3) is 0 Å². The lowest BCUT2D eigenvalue weighted by atomic mass is 10.1. The van der Waals surface area contributed by atoms with E-state index in [0.717, 1.165) is 42.4 Å². The Balaban J connectivity index is 1.50. The van der Waals surface area contributed by atoms with Crippen LogP contribution >= 0.6 is 0 Å². The van der Waals surface area contributed by atoms with Crippen LogP contribution in [0.5, 0.6) is 0 Å². The Hall–Kier alpha value is -3.62. The maximum Gasteiger partial charge on any atom is 0.243 e. The molecular formula is C23H23FN6O3S. The molecule has 11 heteroatoms. The predicted octanol–water partition coefficient (Wildman–Crippen LogP) is 2.94. The summed E-state index contributed by atoms with van der Waals surface area (Å²) in [6.07, 6.45) is 3.98. The maximum atomic E-state index is 14.5. The first-order valence-electron chi connectivity index (χ1n) is 10.8. The fraction of sp³-hybridized carbons (Fsp3) is 0.304. The van der Waals surface area contributed by atoms with E-state index < -0.39 is 28.3 Å². The quantitative estimate of drug-likeness (QED) is 0.577. The van der Waals surface area contributed by atoms with Crippen molar-refractivity contribution in [2.45, 2.75) is 37.1 Å². The van der Waals surface area contributed by atoms with Crippen molar-refractivity contribution in [3.05, 3.63) is 59.7 Å². The van der Waals surface area contributed by atoms with Crippen LogP contribution in [-0.4, -0.2) is 47.0 Å². The average molecular weight is 483 g/mol. The number of nitrogens with zero attached hydrogens (tertiary/aromatic N) is 5. The summed E-state index contributed by atoms with van der Waals surface area (Å²) in [6.45, 7) is 0.251. The van der Waals surface area contributed by atoms with E-state index in [1.54, 1.807) is 6.07 Å². The molecule has 0 spiro atoms. The highest BCUT2D eigenvalue weighted by atomic mass is 32.2. The largest absolute Gasteiger partial charge is 0.322 e. The number of hydrogen-bond donors (Lipinski definition) is 1. The number of aromatic nitrogens is 3. The zero-order chi connectivity index (χ0) is 24.3. The average Bonchev–Trinajstić information content (AvgIpc) is 3.08. The normalized spacial score (nSPS) is 13.7. The number of fused-ring (bicyclic) bond motifs is 1. The van der Waals surface area contributed by atoms with Crippen LogP contribution in [-0.2, 0) is 27.8 Å². The first kappa shape index (κ1) is 23.5. The van der Waals surface area contributed by atoms with Gasteiger partial charge in [0.2, 0.25) is 15.9 Å². The number of aryl methyl sites for hydroxylation is 1. The molecule has 0 saturated heterocycles. The molecule has 34 heavy (non-hydrogen) atoms. The lowest BCUT2D eigenvalue weighted by Gasteiger charge is -2.17. The molecule has 0 radical (unpaired) electrons. The summed E-state index contributed by atoms with van der Waals surface area (Å²) in [6, 6.07) is 11.6. The summed E-state index contributed by atoms with van der Waals surface area (Å²) in [4.78, 5) is 12.5. The van der Waals surface area contributed by atoms with Gasteiger partial charge >= 0.3 is 0 Å². The van der Waals surface area contributed by atoms with Crippen LogP contribution in [0.2, 0.25) is 0 Å². The van der Waals surface area contributed by atoms with Gasteiger partial charge in [-0.1, -0.05) is 6.42 Å². The molecule has 1 amide bonds. The maximum absolute atomic E-state index is 14.5. The Morgan fingerprint density at radius 1 is 1.18 bits per heavy atom. The second-order valence-corrected chi connectivity index (χ2v) is 10.1. The lowest BCUT2D eigenvalue weighted by molar-refractivity contribution is -0.116. The fourth-order valence-electron chi connectivity index (χ4n) is 3.82. The zero-order valence-corrected chi connectivity index (χ0v) is 19.3. The number of nitriles is 1. The standard InChI is InChI=1S/C23H23FN6O3S/c1-29(34(32,33)18-9-6-16(14-25)7-10-18)15-22(31)26-20-13-17(8-11-19(20)24)23-28-27-21-5-3-2-4-12-30(21)23/h6-11,13H,2-5,12,15H2,1H3,(H,26,31). The first-order chi connectivity index (χ1) is 16.3. The summed E-state index contributed by atoms with van der Waals surface area (Å²) in [5.74, 6) is 0.145. The van der Waals surface area contributed by atoms with E-state index in [1.165, 1.54) is 43.4 Å². The fourth-order valence-corrected chi connectivity index (χ4v) is 4.94. The van der Waals surface area contributed by atoms with Gasteiger partial charge in [-0.05, 0) is 55.3 Å². The van der Waals surface area contributed by atoms with Gasteiger partial charge in [0.05, 0.1) is 28.8 Å². The minimum absolute atomic E-state index is 0.0533. The molecular weight excluding hydrogens is 459 g/mol. The van der Waals surface area contributed by atoms with Gasteiger partial charge in [0.1, 0.15) is 11.6 Å². The highest BCUT2D eigenvalue weighted by Crippen LogP contribution is 2.26. The van der Waals surface area contributed by atoms with Crippen LogP contribution in [0.3, 0.4) is 0 Å². The molecule has 1 aromatic heterocycles. The Morgan fingerprint density at radius 3 is 2.68 bits per heavy atom. The van der Waals surface area contributed by atoms with Crippen molar-refractivity contribution in [1.29, 1.82) is 5.26 Å². The Kier molecular flexibility index (Phi) is 6.72. The topological polar surface area (TPSA) is 121 Å². The van der Waals surface area contributed by atoms with E-state index in [-0.39, 0.29) is 10.6 Å². The molecule has 2 heterocycles. The van der Waals surface area contributed by atoms with Crippen LogP contribution in [0.25, 0.3) is 11.4 Å². The molecule has 0 fully saturated rings. The highest BCUT2D eigenvalue weighted by Gasteiger charge is 2.24. The smallest absolute Gasteiger partial charge is 0.243 e. The molecule has 2 aromatic carbocycles. The number of amides is 1. The van der Waals surface area contributed by atoms with Gasteiger partial charge in [-0.2, -0.15) is 9.57 Å². The van der Waals surface area contributed by atoms with Crippen LogP contribution in [0.4, 0.5) is 10.1 Å². The van der Waals surface area contributed by atoms with Crippen LogP contribution in [0, 0.1) is 17.1 Å². The molecule has 0 bridgehead atoms. The van der Waals surface area contributed by atoms with Crippen molar-refractivity contribution in [3.63, 3.8) is 0 Å². The van der Waals surface area contributed by atoms with Crippen molar-refractivity contribution in [2.24, 2.45) is 0 Å². The van der Waals surface area contributed by atoms with E-state index in [9.17, 15) is 17.6 Å². The predicted molar refractivity (Wildman–Crippen MR) is 123 cm³/mol. The zero-order valence-electron chi connectivity index (χ0n) is 18.5. The number of rotatable bonds is 6. The summed E-state index contributed by atoms with van der Waals surface area (Å²) >= 11 is 0. The Morgan fingerprint density at radius 2 is 1.94 bits per heavy atom. The summed E-state index contributed by atoms with van der Waals surface area (Å²) in [7, 11) is -2.72. The molecule has 0 atom stereocenters. The van der Waals surface area contributed by atoms with Gasteiger partial charge < -0.3 is 9.88 Å². The third-order valence-corrected chi connectivity index (χ3v) is 7.48. The Labute approximate surface area is 196 Å². The summed E-state index contributed by atoms with van der Waals surface area (Å²) < 4.78 is 42.8. The van der Waals surface area contributed by atoms with E-state index >= 15 is 0 Å². The molecule has 1 aliphatic heterocycles. The van der Waals surface area contributed by atoms with Crippen LogP contribution < -0.4 is 5.32 Å². The van der Waals surface area contributed by atoms with Crippen molar-refractivity contribution >= 4 is 21.6 Å². The van der Waals surface area contributed by atoms with Crippen molar-refractivity contribution in [2.75, 3.05) is 18.9 Å². The molecule has 0 saturated carbocycles. The number of carbonyl (C=O) groups excluding carboxylic acids is 1. The molecule has 1 N–H and O–H groups in total. The minimum Gasteiger partial charge on any atom is -0.322 e. The number of anilines is 1. The summed E-state index contributed by atoms with van der Waals surface area (Å²) in [5.41, 5.74) is 0.854. The van der Waals surface area contributed by atoms with Crippen molar-refractivity contribution in [3.8, 4) is 17.5 Å². The molecule has 0 aliphatic carbocycles. The lowest BCUT2D eigenvalue weighted by Crippen LogP contribution is -2.35. The number of likely N-dealkylation sites (N-methyl/N-ethyl adjacent to an activating group) is 1. The molecule has 1 aliphatic rings. The van der Waals surface area contributed by atoms with Crippen LogP contribution in [0.15, 0.2) is 47.4 Å². The number of hydrogen-bond acceptors (Lipinski definition) is 6. The minimum atomic E-state index is -3.97. The molecule has 4 rings (SSSR count). The molecule has 0 unspecified atom stereocenters. The van der Waals surface area contributed by atoms with E-state index in [2.05, 4.69) is 15.5 Å². The third-order valence-electron chi connectivity index (χ3n) is 5.67. The summed E-state index contributed by atoms with van der Waals surface area (Å²) in [5, 5.41) is 19.8. The van der Waals surface area contributed by atoms with Gasteiger partial charge in [-0.15, -0.1) is 10.2 Å². The monoisotopic (exact) mass is 482 g/mol. The van der Waals surface area contributed by atoms with Gasteiger partial charge in [-0.3, -0.25) is 4.79 Å². The first-order valence-corrected chi connectivity index (χ1v) is 12.2. The van der Waals surface area contributed by atoms with Gasteiger partial charge in [-0.25, -0.2) is 12.8 Å². The second-order valence-electron chi connectivity index (χ2n) is 8.04. The molecule has 9 nitrogen and oxygen atoms in total. The van der Waals surface area contributed by atoms with E-state index in [0.29, 0.717) is 17.0 Å². The van der Waals surface area contributed by atoms with Crippen molar-refractivity contribution < 1.29 is 17.6 Å².